The van der Waals surface area contributed by atoms with Crippen LogP contribution in [0.25, 0.3) is 0 Å². The van der Waals surface area contributed by atoms with Gasteiger partial charge < -0.3 is 10.6 Å². The molecule has 0 aliphatic heterocycles. The fourth-order valence-electron chi connectivity index (χ4n) is 2.67. The third-order valence-corrected chi connectivity index (χ3v) is 4.66. The molecule has 1 saturated carbocycles. The van der Waals surface area contributed by atoms with Crippen molar-refractivity contribution >= 4 is 33.4 Å². The van der Waals surface area contributed by atoms with Crippen LogP contribution in [0.5, 0.6) is 0 Å². The summed E-state index contributed by atoms with van der Waals surface area (Å²) in [6.45, 7) is 4.09. The fourth-order valence-corrected chi connectivity index (χ4v) is 3.26. The number of amides is 2. The molecule has 0 spiro atoms. The first-order chi connectivity index (χ1) is 9.97. The number of anilines is 1. The number of carbonyl (C=O) groups excluding carboxylic acids is 2. The smallest absolute Gasteiger partial charge is 0.313 e. The van der Waals surface area contributed by atoms with Gasteiger partial charge in [-0.15, -0.1) is 0 Å². The summed E-state index contributed by atoms with van der Waals surface area (Å²) in [6, 6.07) is 5.69. The van der Waals surface area contributed by atoms with E-state index in [0.29, 0.717) is 11.6 Å². The van der Waals surface area contributed by atoms with Gasteiger partial charge >= 0.3 is 11.8 Å². The van der Waals surface area contributed by atoms with Crippen LogP contribution in [0.2, 0.25) is 0 Å². The van der Waals surface area contributed by atoms with Crippen LogP contribution in [0.4, 0.5) is 5.69 Å². The van der Waals surface area contributed by atoms with Crippen molar-refractivity contribution in [2.75, 3.05) is 5.32 Å². The molecule has 1 aromatic carbocycles. The van der Waals surface area contributed by atoms with Crippen LogP contribution in [0.15, 0.2) is 22.7 Å². The van der Waals surface area contributed by atoms with Gasteiger partial charge in [-0.1, -0.05) is 25.8 Å². The van der Waals surface area contributed by atoms with Crippen molar-refractivity contribution in [1.82, 2.24) is 5.32 Å². The Morgan fingerprint density at radius 1 is 1.19 bits per heavy atom. The van der Waals surface area contributed by atoms with E-state index in [1.807, 2.05) is 19.1 Å². The zero-order chi connectivity index (χ0) is 15.4. The van der Waals surface area contributed by atoms with Crippen LogP contribution < -0.4 is 10.6 Å². The standard InChI is InChI=1S/C16H21BrN2O2/c1-10-7-8-14(12(17)9-10)19-16(21)15(20)18-13-6-4-3-5-11(13)2/h7-9,11,13H,3-6H2,1-2H3,(H,18,20)(H,19,21)/t11-,13-/m1/s1. The molecule has 1 aliphatic carbocycles. The molecule has 4 nitrogen and oxygen atoms in total. The minimum atomic E-state index is -0.614. The zero-order valence-corrected chi connectivity index (χ0v) is 14.0. The molecule has 0 saturated heterocycles. The summed E-state index contributed by atoms with van der Waals surface area (Å²) in [6.07, 6.45) is 4.38. The molecule has 2 amide bonds. The summed E-state index contributed by atoms with van der Waals surface area (Å²) in [5.74, 6) is -0.736. The number of hydrogen-bond donors (Lipinski definition) is 2. The lowest BCUT2D eigenvalue weighted by Gasteiger charge is -2.29. The van der Waals surface area contributed by atoms with Crippen molar-refractivity contribution < 1.29 is 9.59 Å². The number of carbonyl (C=O) groups is 2. The van der Waals surface area contributed by atoms with Crippen molar-refractivity contribution in [3.05, 3.63) is 28.2 Å². The number of benzene rings is 1. The highest BCUT2D eigenvalue weighted by atomic mass is 79.9. The molecule has 1 aromatic rings. The Labute approximate surface area is 133 Å². The van der Waals surface area contributed by atoms with E-state index in [9.17, 15) is 9.59 Å². The molecule has 5 heteroatoms. The van der Waals surface area contributed by atoms with Gasteiger partial charge in [-0.25, -0.2) is 0 Å². The summed E-state index contributed by atoms with van der Waals surface area (Å²) in [7, 11) is 0. The molecule has 2 rings (SSSR count). The summed E-state index contributed by atoms with van der Waals surface area (Å²) in [5.41, 5.74) is 1.69. The fraction of sp³-hybridized carbons (Fsp3) is 0.500. The Morgan fingerprint density at radius 3 is 2.57 bits per heavy atom. The Balaban J connectivity index is 1.94. The van der Waals surface area contributed by atoms with Gasteiger partial charge in [0.05, 0.1) is 5.69 Å². The number of rotatable bonds is 2. The van der Waals surface area contributed by atoms with Crippen molar-refractivity contribution in [3.8, 4) is 0 Å². The maximum atomic E-state index is 12.0. The Hall–Kier alpha value is -1.36. The molecule has 0 heterocycles. The van der Waals surface area contributed by atoms with Crippen molar-refractivity contribution in [2.45, 2.75) is 45.6 Å². The van der Waals surface area contributed by atoms with Crippen LogP contribution in [-0.2, 0) is 9.59 Å². The van der Waals surface area contributed by atoms with E-state index >= 15 is 0 Å². The predicted molar refractivity (Wildman–Crippen MR) is 87.1 cm³/mol. The highest BCUT2D eigenvalue weighted by Gasteiger charge is 2.25. The molecule has 0 bridgehead atoms. The van der Waals surface area contributed by atoms with Crippen molar-refractivity contribution in [1.29, 1.82) is 0 Å². The minimum absolute atomic E-state index is 0.110. The third-order valence-electron chi connectivity index (χ3n) is 4.01. The maximum absolute atomic E-state index is 12.0. The van der Waals surface area contributed by atoms with Gasteiger partial charge in [-0.05, 0) is 59.3 Å². The maximum Gasteiger partial charge on any atom is 0.313 e. The molecule has 0 radical (unpaired) electrons. The molecular weight excluding hydrogens is 332 g/mol. The van der Waals surface area contributed by atoms with Gasteiger partial charge in [0.1, 0.15) is 0 Å². The Bertz CT molecular complexity index is 545. The lowest BCUT2D eigenvalue weighted by molar-refractivity contribution is -0.137. The highest BCUT2D eigenvalue weighted by Crippen LogP contribution is 2.24. The number of halogens is 1. The molecule has 21 heavy (non-hydrogen) atoms. The predicted octanol–water partition coefficient (Wildman–Crippen LogP) is 3.39. The van der Waals surface area contributed by atoms with E-state index in [1.54, 1.807) is 6.07 Å². The second-order valence-corrected chi connectivity index (χ2v) is 6.63. The van der Waals surface area contributed by atoms with Crippen LogP contribution in [0.3, 0.4) is 0 Å². The monoisotopic (exact) mass is 352 g/mol. The molecular formula is C16H21BrN2O2. The lowest BCUT2D eigenvalue weighted by atomic mass is 9.86. The van der Waals surface area contributed by atoms with E-state index in [1.165, 1.54) is 6.42 Å². The Morgan fingerprint density at radius 2 is 1.90 bits per heavy atom. The molecule has 2 N–H and O–H groups in total. The first-order valence-corrected chi connectivity index (χ1v) is 8.14. The van der Waals surface area contributed by atoms with E-state index < -0.39 is 11.8 Å². The topological polar surface area (TPSA) is 58.2 Å². The number of nitrogens with one attached hydrogen (secondary N) is 2. The summed E-state index contributed by atoms with van der Waals surface area (Å²) < 4.78 is 0.773. The lowest BCUT2D eigenvalue weighted by Crippen LogP contribution is -2.45. The van der Waals surface area contributed by atoms with Crippen molar-refractivity contribution in [3.63, 3.8) is 0 Å². The van der Waals surface area contributed by atoms with Gasteiger partial charge in [-0.3, -0.25) is 9.59 Å². The third kappa shape index (κ3) is 4.30. The molecule has 0 aromatic heterocycles. The normalized spacial score (nSPS) is 21.7. The second kappa shape index (κ2) is 7.07. The molecule has 1 fully saturated rings. The zero-order valence-electron chi connectivity index (χ0n) is 12.4. The van der Waals surface area contributed by atoms with Crippen LogP contribution in [0.1, 0.15) is 38.2 Å². The van der Waals surface area contributed by atoms with E-state index in [2.05, 4.69) is 33.5 Å². The quantitative estimate of drug-likeness (QED) is 0.801. The largest absolute Gasteiger partial charge is 0.345 e. The van der Waals surface area contributed by atoms with Crippen LogP contribution in [0, 0.1) is 12.8 Å². The Kier molecular flexibility index (Phi) is 5.39. The average molecular weight is 353 g/mol. The van der Waals surface area contributed by atoms with Crippen molar-refractivity contribution in [2.24, 2.45) is 5.92 Å². The van der Waals surface area contributed by atoms with Crippen LogP contribution >= 0.6 is 15.9 Å². The molecule has 1 aliphatic rings. The first kappa shape index (κ1) is 16.0. The van der Waals surface area contributed by atoms with Crippen LogP contribution in [-0.4, -0.2) is 17.9 Å². The summed E-state index contributed by atoms with van der Waals surface area (Å²) >= 11 is 3.39. The van der Waals surface area contributed by atoms with Gasteiger partial charge in [0.25, 0.3) is 0 Å². The molecule has 114 valence electrons. The first-order valence-electron chi connectivity index (χ1n) is 7.35. The number of hydrogen-bond acceptors (Lipinski definition) is 2. The van der Waals surface area contributed by atoms with Gasteiger partial charge in [-0.2, -0.15) is 0 Å². The SMILES string of the molecule is Cc1ccc(NC(=O)C(=O)N[C@@H]2CCCC[C@H]2C)c(Br)c1. The van der Waals surface area contributed by atoms with Gasteiger partial charge in [0, 0.05) is 10.5 Å². The second-order valence-electron chi connectivity index (χ2n) is 5.78. The highest BCUT2D eigenvalue weighted by molar-refractivity contribution is 9.10. The molecule has 0 unspecified atom stereocenters. The number of aryl methyl sites for hydroxylation is 1. The van der Waals surface area contributed by atoms with Gasteiger partial charge in [0.15, 0.2) is 0 Å². The van der Waals surface area contributed by atoms with E-state index in [4.69, 9.17) is 0 Å². The van der Waals surface area contributed by atoms with Gasteiger partial charge in [0.2, 0.25) is 0 Å². The minimum Gasteiger partial charge on any atom is -0.345 e. The summed E-state index contributed by atoms with van der Waals surface area (Å²) in [5, 5.41) is 5.50. The summed E-state index contributed by atoms with van der Waals surface area (Å²) in [4.78, 5) is 24.0. The van der Waals surface area contributed by atoms with E-state index in [0.717, 1.165) is 29.3 Å². The average Bonchev–Trinajstić information content (AvgIpc) is 2.44. The van der Waals surface area contributed by atoms with E-state index in [-0.39, 0.29) is 6.04 Å². The molecule has 2 atom stereocenters.